The van der Waals surface area contributed by atoms with Gasteiger partial charge in [-0.1, -0.05) is 23.8 Å². The summed E-state index contributed by atoms with van der Waals surface area (Å²) in [5, 5.41) is 8.01. The Morgan fingerprint density at radius 1 is 1.38 bits per heavy atom. The van der Waals surface area contributed by atoms with Crippen molar-refractivity contribution in [2.45, 2.75) is 26.8 Å². The molecule has 0 saturated heterocycles. The van der Waals surface area contributed by atoms with Gasteiger partial charge in [0.1, 0.15) is 0 Å². The van der Waals surface area contributed by atoms with Gasteiger partial charge in [-0.15, -0.1) is 5.10 Å². The van der Waals surface area contributed by atoms with Crippen molar-refractivity contribution in [3.8, 4) is 11.3 Å². The predicted octanol–water partition coefficient (Wildman–Crippen LogP) is 2.25. The van der Waals surface area contributed by atoms with Gasteiger partial charge >= 0.3 is 0 Å². The lowest BCUT2D eigenvalue weighted by molar-refractivity contribution is 0.584. The first-order valence-electron chi connectivity index (χ1n) is 5.47. The number of aromatic nitrogens is 3. The summed E-state index contributed by atoms with van der Waals surface area (Å²) in [6.45, 7) is 5.03. The van der Waals surface area contributed by atoms with E-state index in [9.17, 15) is 0 Å². The lowest BCUT2D eigenvalue weighted by atomic mass is 10.1. The Bertz CT molecular complexity index is 488. The van der Waals surface area contributed by atoms with Gasteiger partial charge in [0.05, 0.1) is 11.9 Å². The van der Waals surface area contributed by atoms with Gasteiger partial charge in [0.2, 0.25) is 0 Å². The topological polar surface area (TPSA) is 56.7 Å². The van der Waals surface area contributed by atoms with Crippen molar-refractivity contribution in [3.05, 3.63) is 30.0 Å². The molecule has 0 aliphatic rings. The Balaban J connectivity index is 2.49. The molecule has 4 heteroatoms. The first kappa shape index (κ1) is 10.7. The number of hydrogen-bond acceptors (Lipinski definition) is 3. The van der Waals surface area contributed by atoms with Crippen LogP contribution < -0.4 is 5.73 Å². The number of hydrogen-bond donors (Lipinski definition) is 1. The first-order chi connectivity index (χ1) is 7.72. The van der Waals surface area contributed by atoms with Crippen LogP contribution in [0.3, 0.4) is 0 Å². The number of nitrogens with zero attached hydrogens (tertiary/aromatic N) is 3. The molecule has 0 bridgehead atoms. The van der Waals surface area contributed by atoms with Gasteiger partial charge in [0.25, 0.3) is 0 Å². The van der Waals surface area contributed by atoms with Crippen LogP contribution >= 0.6 is 0 Å². The van der Waals surface area contributed by atoms with Crippen LogP contribution in [0.4, 0.5) is 5.69 Å². The maximum absolute atomic E-state index is 5.98. The van der Waals surface area contributed by atoms with Crippen molar-refractivity contribution in [2.75, 3.05) is 5.73 Å². The first-order valence-corrected chi connectivity index (χ1v) is 5.47. The molecular weight excluding hydrogens is 200 g/mol. The largest absolute Gasteiger partial charge is 0.398 e. The standard InChI is InChI=1S/C12H16N4/c1-3-6-16-12(8-14-15-16)10-7-9(2)4-5-11(10)13/h4-5,7-8H,3,6,13H2,1-2H3. The molecular formula is C12H16N4. The average Bonchev–Trinajstić information content (AvgIpc) is 2.70. The van der Waals surface area contributed by atoms with Gasteiger partial charge in [-0.3, -0.25) is 0 Å². The maximum Gasteiger partial charge on any atom is 0.0906 e. The molecule has 0 fully saturated rings. The highest BCUT2D eigenvalue weighted by Gasteiger charge is 2.09. The second-order valence-electron chi connectivity index (χ2n) is 3.93. The molecule has 2 rings (SSSR count). The van der Waals surface area contributed by atoms with Gasteiger partial charge in [0, 0.05) is 17.8 Å². The van der Waals surface area contributed by atoms with Gasteiger partial charge in [0.15, 0.2) is 0 Å². The minimum Gasteiger partial charge on any atom is -0.398 e. The zero-order valence-corrected chi connectivity index (χ0v) is 9.64. The van der Waals surface area contributed by atoms with Crippen molar-refractivity contribution in [1.82, 2.24) is 15.0 Å². The van der Waals surface area contributed by atoms with Gasteiger partial charge in [-0.05, 0) is 25.5 Å². The molecule has 0 aliphatic carbocycles. The van der Waals surface area contributed by atoms with Crippen molar-refractivity contribution in [2.24, 2.45) is 0 Å². The molecule has 1 aromatic heterocycles. The molecule has 84 valence electrons. The minimum atomic E-state index is 0.769. The Morgan fingerprint density at radius 3 is 2.94 bits per heavy atom. The molecule has 0 amide bonds. The second kappa shape index (κ2) is 4.35. The highest BCUT2D eigenvalue weighted by molar-refractivity contribution is 5.74. The summed E-state index contributed by atoms with van der Waals surface area (Å²) >= 11 is 0. The van der Waals surface area contributed by atoms with Crippen LogP contribution in [-0.4, -0.2) is 15.0 Å². The molecule has 0 saturated carbocycles. The number of rotatable bonds is 3. The molecule has 1 heterocycles. The Hall–Kier alpha value is -1.84. The third-order valence-corrected chi connectivity index (χ3v) is 2.54. The molecule has 0 unspecified atom stereocenters. The molecule has 0 spiro atoms. The van der Waals surface area contributed by atoms with E-state index in [0.717, 1.165) is 29.9 Å². The van der Waals surface area contributed by atoms with E-state index in [1.807, 2.05) is 16.8 Å². The lowest BCUT2D eigenvalue weighted by Crippen LogP contribution is -2.03. The van der Waals surface area contributed by atoms with Crippen LogP contribution in [0.2, 0.25) is 0 Å². The van der Waals surface area contributed by atoms with E-state index < -0.39 is 0 Å². The normalized spacial score (nSPS) is 10.6. The zero-order valence-electron chi connectivity index (χ0n) is 9.64. The zero-order chi connectivity index (χ0) is 11.5. The van der Waals surface area contributed by atoms with E-state index in [4.69, 9.17) is 5.73 Å². The maximum atomic E-state index is 5.98. The third kappa shape index (κ3) is 1.91. The van der Waals surface area contributed by atoms with Crippen molar-refractivity contribution in [1.29, 1.82) is 0 Å². The summed E-state index contributed by atoms with van der Waals surface area (Å²) in [6, 6.07) is 6.00. The molecule has 16 heavy (non-hydrogen) atoms. The molecule has 2 N–H and O–H groups in total. The Morgan fingerprint density at radius 2 is 2.19 bits per heavy atom. The monoisotopic (exact) mass is 216 g/mol. The summed E-state index contributed by atoms with van der Waals surface area (Å²) < 4.78 is 1.89. The Kier molecular flexibility index (Phi) is 2.90. The van der Waals surface area contributed by atoms with Crippen LogP contribution in [0, 0.1) is 6.92 Å². The predicted molar refractivity (Wildman–Crippen MR) is 64.9 cm³/mol. The highest BCUT2D eigenvalue weighted by atomic mass is 15.4. The van der Waals surface area contributed by atoms with E-state index in [1.165, 1.54) is 5.56 Å². The van der Waals surface area contributed by atoms with Gasteiger partial charge in [-0.2, -0.15) is 0 Å². The SMILES string of the molecule is CCCn1nncc1-c1cc(C)ccc1N. The van der Waals surface area contributed by atoms with Crippen LogP contribution in [0.1, 0.15) is 18.9 Å². The fourth-order valence-electron chi connectivity index (χ4n) is 1.74. The van der Waals surface area contributed by atoms with Crippen molar-refractivity contribution in [3.63, 3.8) is 0 Å². The summed E-state index contributed by atoms with van der Waals surface area (Å²) in [5.41, 5.74) is 9.94. The number of nitrogens with two attached hydrogens (primary N) is 1. The van der Waals surface area contributed by atoms with Crippen molar-refractivity contribution < 1.29 is 0 Å². The van der Waals surface area contributed by atoms with Crippen molar-refractivity contribution >= 4 is 5.69 Å². The van der Waals surface area contributed by atoms with Crippen LogP contribution in [0.15, 0.2) is 24.4 Å². The summed E-state index contributed by atoms with van der Waals surface area (Å²) in [7, 11) is 0. The van der Waals surface area contributed by atoms with E-state index in [1.54, 1.807) is 6.20 Å². The van der Waals surface area contributed by atoms with Crippen LogP contribution in [-0.2, 0) is 6.54 Å². The lowest BCUT2D eigenvalue weighted by Gasteiger charge is -2.08. The van der Waals surface area contributed by atoms with E-state index in [0.29, 0.717) is 0 Å². The van der Waals surface area contributed by atoms with Gasteiger partial charge in [-0.25, -0.2) is 4.68 Å². The average molecular weight is 216 g/mol. The fraction of sp³-hybridized carbons (Fsp3) is 0.333. The van der Waals surface area contributed by atoms with E-state index in [2.05, 4.69) is 30.2 Å². The molecule has 0 atom stereocenters. The smallest absolute Gasteiger partial charge is 0.0906 e. The third-order valence-electron chi connectivity index (χ3n) is 2.54. The van der Waals surface area contributed by atoms with E-state index >= 15 is 0 Å². The highest BCUT2D eigenvalue weighted by Crippen LogP contribution is 2.26. The van der Waals surface area contributed by atoms with Gasteiger partial charge < -0.3 is 5.73 Å². The number of anilines is 1. The number of benzene rings is 1. The second-order valence-corrected chi connectivity index (χ2v) is 3.93. The quantitative estimate of drug-likeness (QED) is 0.800. The number of nitrogen functional groups attached to an aromatic ring is 1. The summed E-state index contributed by atoms with van der Waals surface area (Å²) in [4.78, 5) is 0. The van der Waals surface area contributed by atoms with E-state index in [-0.39, 0.29) is 0 Å². The molecule has 0 radical (unpaired) electrons. The van der Waals surface area contributed by atoms with Crippen LogP contribution in [0.5, 0.6) is 0 Å². The minimum absolute atomic E-state index is 0.769. The molecule has 4 nitrogen and oxygen atoms in total. The van der Waals surface area contributed by atoms with Crippen LogP contribution in [0.25, 0.3) is 11.3 Å². The molecule has 0 aliphatic heterocycles. The summed E-state index contributed by atoms with van der Waals surface area (Å²) in [5.74, 6) is 0. The fourth-order valence-corrected chi connectivity index (χ4v) is 1.74. The number of aryl methyl sites for hydroxylation is 2. The molecule has 2 aromatic rings. The summed E-state index contributed by atoms with van der Waals surface area (Å²) in [6.07, 6.45) is 2.79. The Labute approximate surface area is 95.1 Å². The molecule has 1 aromatic carbocycles.